The first-order valence-electron chi connectivity index (χ1n) is 8.78. The minimum atomic E-state index is 0.760. The second-order valence-corrected chi connectivity index (χ2v) is 6.57. The number of likely N-dealkylation sites (N-methyl/N-ethyl adjacent to an activating group) is 2. The number of aliphatic imine (C=N–C) groups is 2. The zero-order valence-corrected chi connectivity index (χ0v) is 16.1. The molecule has 2 aromatic heterocycles. The molecule has 0 atom stereocenters. The van der Waals surface area contributed by atoms with Crippen LogP contribution in [0.15, 0.2) is 46.4 Å². The average molecular weight is 352 g/mol. The largest absolute Gasteiger partial charge is 0.308 e. The normalized spacial score (nSPS) is 12.1. The first-order valence-corrected chi connectivity index (χ1v) is 8.78. The fourth-order valence-electron chi connectivity index (χ4n) is 2.16. The standard InChI is InChI=1S/C20H28N6/c1-25(2)13-11-21-15-17-7-5-9-19(23-17)20-10-6-8-18(24-20)16-22-12-14-26(3)4/h5-10,15-16H,11-14H2,1-4H3. The molecular formula is C20H28N6. The van der Waals surface area contributed by atoms with Gasteiger partial charge in [-0.1, -0.05) is 12.1 Å². The van der Waals surface area contributed by atoms with Gasteiger partial charge in [-0.05, 0) is 52.5 Å². The van der Waals surface area contributed by atoms with E-state index in [-0.39, 0.29) is 0 Å². The van der Waals surface area contributed by atoms with Crippen LogP contribution in [0, 0.1) is 0 Å². The molecule has 2 rings (SSSR count). The van der Waals surface area contributed by atoms with Crippen LogP contribution in [0.5, 0.6) is 0 Å². The van der Waals surface area contributed by atoms with Crippen LogP contribution in [0.25, 0.3) is 11.4 Å². The Kier molecular flexibility index (Phi) is 8.05. The highest BCUT2D eigenvalue weighted by Gasteiger charge is 2.02. The van der Waals surface area contributed by atoms with Crippen molar-refractivity contribution in [3.8, 4) is 11.4 Å². The Balaban J connectivity index is 2.06. The zero-order chi connectivity index (χ0) is 18.8. The SMILES string of the molecule is CN(C)CCN=Cc1cccc(-c2cccc(C=NCCN(C)C)n2)n1. The van der Waals surface area contributed by atoms with Gasteiger partial charge in [-0.3, -0.25) is 9.98 Å². The van der Waals surface area contributed by atoms with E-state index >= 15 is 0 Å². The van der Waals surface area contributed by atoms with E-state index < -0.39 is 0 Å². The number of nitrogens with zero attached hydrogens (tertiary/aromatic N) is 6. The Morgan fingerprint density at radius 1 is 0.731 bits per heavy atom. The van der Waals surface area contributed by atoms with Crippen molar-refractivity contribution in [2.24, 2.45) is 9.98 Å². The van der Waals surface area contributed by atoms with Gasteiger partial charge in [-0.2, -0.15) is 0 Å². The first kappa shape index (κ1) is 19.9. The molecule has 0 amide bonds. The van der Waals surface area contributed by atoms with E-state index in [0.29, 0.717) is 0 Å². The second-order valence-electron chi connectivity index (χ2n) is 6.57. The lowest BCUT2D eigenvalue weighted by Crippen LogP contribution is -2.15. The van der Waals surface area contributed by atoms with Gasteiger partial charge in [-0.15, -0.1) is 0 Å². The molecule has 0 aliphatic rings. The topological polar surface area (TPSA) is 57.0 Å². The van der Waals surface area contributed by atoms with Crippen molar-refractivity contribution in [1.29, 1.82) is 0 Å². The fourth-order valence-corrected chi connectivity index (χ4v) is 2.16. The van der Waals surface area contributed by atoms with E-state index in [1.807, 2.05) is 77.0 Å². The molecule has 2 heterocycles. The number of rotatable bonds is 9. The Morgan fingerprint density at radius 2 is 1.15 bits per heavy atom. The number of hydrogen-bond acceptors (Lipinski definition) is 6. The molecule has 6 nitrogen and oxygen atoms in total. The third-order valence-corrected chi connectivity index (χ3v) is 3.60. The summed E-state index contributed by atoms with van der Waals surface area (Å²) in [6, 6.07) is 11.8. The summed E-state index contributed by atoms with van der Waals surface area (Å²) < 4.78 is 0. The van der Waals surface area contributed by atoms with Gasteiger partial charge < -0.3 is 9.80 Å². The molecule has 0 fully saturated rings. The third-order valence-electron chi connectivity index (χ3n) is 3.60. The quantitative estimate of drug-likeness (QED) is 0.649. The predicted molar refractivity (Wildman–Crippen MR) is 109 cm³/mol. The highest BCUT2D eigenvalue weighted by atomic mass is 15.1. The molecule has 2 aromatic rings. The van der Waals surface area contributed by atoms with E-state index in [1.54, 1.807) is 0 Å². The Labute approximate surface area is 156 Å². The monoisotopic (exact) mass is 352 g/mol. The summed E-state index contributed by atoms with van der Waals surface area (Å²) in [7, 11) is 8.15. The van der Waals surface area contributed by atoms with E-state index in [9.17, 15) is 0 Å². The molecule has 0 saturated carbocycles. The second kappa shape index (κ2) is 10.5. The molecule has 0 aliphatic carbocycles. The summed E-state index contributed by atoms with van der Waals surface area (Å²) in [5, 5.41) is 0. The molecule has 0 spiro atoms. The third kappa shape index (κ3) is 7.21. The lowest BCUT2D eigenvalue weighted by molar-refractivity contribution is 0.421. The summed E-state index contributed by atoms with van der Waals surface area (Å²) in [6.07, 6.45) is 3.64. The van der Waals surface area contributed by atoms with E-state index in [4.69, 9.17) is 0 Å². The number of pyridine rings is 2. The Morgan fingerprint density at radius 3 is 1.54 bits per heavy atom. The summed E-state index contributed by atoms with van der Waals surface area (Å²) in [5.41, 5.74) is 3.36. The van der Waals surface area contributed by atoms with Gasteiger partial charge >= 0.3 is 0 Å². The van der Waals surface area contributed by atoms with Crippen LogP contribution in [0.1, 0.15) is 11.4 Å². The summed E-state index contributed by atoms with van der Waals surface area (Å²) in [6.45, 7) is 3.37. The van der Waals surface area contributed by atoms with Crippen molar-refractivity contribution < 1.29 is 0 Å². The minimum absolute atomic E-state index is 0.760. The lowest BCUT2D eigenvalue weighted by atomic mass is 10.2. The Bertz CT molecular complexity index is 673. The van der Waals surface area contributed by atoms with Gasteiger partial charge in [0, 0.05) is 25.5 Å². The molecule has 0 saturated heterocycles. The molecule has 0 aromatic carbocycles. The molecule has 0 bridgehead atoms. The van der Waals surface area contributed by atoms with Crippen molar-refractivity contribution >= 4 is 12.4 Å². The number of aromatic nitrogens is 2. The van der Waals surface area contributed by atoms with Crippen LogP contribution in [-0.4, -0.2) is 86.6 Å². The van der Waals surface area contributed by atoms with Gasteiger partial charge in [-0.25, -0.2) is 9.97 Å². The summed E-state index contributed by atoms with van der Waals surface area (Å²) in [4.78, 5) is 22.4. The minimum Gasteiger partial charge on any atom is -0.308 e. The Hall–Kier alpha value is -2.44. The molecule has 0 aliphatic heterocycles. The molecule has 26 heavy (non-hydrogen) atoms. The molecule has 0 unspecified atom stereocenters. The predicted octanol–water partition coefficient (Wildman–Crippen LogP) is 2.10. The maximum atomic E-state index is 4.64. The van der Waals surface area contributed by atoms with E-state index in [2.05, 4.69) is 29.8 Å². The summed E-state index contributed by atoms with van der Waals surface area (Å²) in [5.74, 6) is 0. The molecule has 0 N–H and O–H groups in total. The van der Waals surface area contributed by atoms with Gasteiger partial charge in [0.15, 0.2) is 0 Å². The maximum absolute atomic E-state index is 4.64. The van der Waals surface area contributed by atoms with Gasteiger partial charge in [0.05, 0.1) is 35.9 Å². The van der Waals surface area contributed by atoms with Crippen LogP contribution in [0.2, 0.25) is 0 Å². The van der Waals surface area contributed by atoms with Crippen molar-refractivity contribution in [3.63, 3.8) is 0 Å². The first-order chi connectivity index (χ1) is 12.5. The van der Waals surface area contributed by atoms with Crippen LogP contribution < -0.4 is 0 Å². The van der Waals surface area contributed by atoms with E-state index in [0.717, 1.165) is 49.0 Å². The average Bonchev–Trinajstić information content (AvgIpc) is 2.63. The highest BCUT2D eigenvalue weighted by molar-refractivity contribution is 5.79. The summed E-state index contributed by atoms with van der Waals surface area (Å²) >= 11 is 0. The van der Waals surface area contributed by atoms with Gasteiger partial charge in [0.1, 0.15) is 0 Å². The van der Waals surface area contributed by atoms with Crippen LogP contribution in [0.4, 0.5) is 0 Å². The van der Waals surface area contributed by atoms with Crippen molar-refractivity contribution in [2.75, 3.05) is 54.4 Å². The van der Waals surface area contributed by atoms with Crippen molar-refractivity contribution in [3.05, 3.63) is 47.8 Å². The lowest BCUT2D eigenvalue weighted by Gasteiger charge is -2.06. The van der Waals surface area contributed by atoms with Gasteiger partial charge in [0.25, 0.3) is 0 Å². The van der Waals surface area contributed by atoms with Gasteiger partial charge in [0.2, 0.25) is 0 Å². The molecule has 6 heteroatoms. The van der Waals surface area contributed by atoms with Crippen LogP contribution in [0.3, 0.4) is 0 Å². The van der Waals surface area contributed by atoms with Crippen LogP contribution in [-0.2, 0) is 0 Å². The zero-order valence-electron chi connectivity index (χ0n) is 16.1. The van der Waals surface area contributed by atoms with Crippen LogP contribution >= 0.6 is 0 Å². The highest BCUT2D eigenvalue weighted by Crippen LogP contribution is 2.14. The fraction of sp³-hybridized carbons (Fsp3) is 0.400. The maximum Gasteiger partial charge on any atom is 0.0894 e. The van der Waals surface area contributed by atoms with E-state index in [1.165, 1.54) is 0 Å². The number of hydrogen-bond donors (Lipinski definition) is 0. The smallest absolute Gasteiger partial charge is 0.0894 e. The molecular weight excluding hydrogens is 324 g/mol. The molecule has 138 valence electrons. The van der Waals surface area contributed by atoms with Crippen molar-refractivity contribution in [1.82, 2.24) is 19.8 Å². The molecule has 0 radical (unpaired) electrons. The van der Waals surface area contributed by atoms with Crippen molar-refractivity contribution in [2.45, 2.75) is 0 Å².